The second-order valence-electron chi connectivity index (χ2n) is 6.14. The molecule has 25 heavy (non-hydrogen) atoms. The summed E-state index contributed by atoms with van der Waals surface area (Å²) in [4.78, 5) is 25.6. The fraction of sp³-hybridized carbons (Fsp3) is 0.412. The summed E-state index contributed by atoms with van der Waals surface area (Å²) >= 11 is 0. The number of para-hydroxylation sites is 1. The largest absolute Gasteiger partial charge is 0.353 e. The van der Waals surface area contributed by atoms with E-state index in [2.05, 4.69) is 10.4 Å². The first-order chi connectivity index (χ1) is 11.9. The Morgan fingerprint density at radius 1 is 1.44 bits per heavy atom. The first-order valence-corrected chi connectivity index (χ1v) is 8.27. The maximum absolute atomic E-state index is 13.0. The maximum atomic E-state index is 13.0. The van der Waals surface area contributed by atoms with E-state index in [1.165, 1.54) is 4.68 Å². The van der Waals surface area contributed by atoms with Gasteiger partial charge in [0, 0.05) is 19.3 Å². The summed E-state index contributed by atoms with van der Waals surface area (Å²) in [5, 5.41) is 18.5. The molecule has 2 aromatic rings. The van der Waals surface area contributed by atoms with Crippen LogP contribution in [0.5, 0.6) is 0 Å². The third kappa shape index (κ3) is 2.95. The smallest absolute Gasteiger partial charge is 0.333 e. The van der Waals surface area contributed by atoms with Gasteiger partial charge in [-0.15, -0.1) is 0 Å². The van der Waals surface area contributed by atoms with E-state index in [4.69, 9.17) is 0 Å². The van der Waals surface area contributed by atoms with Crippen molar-refractivity contribution in [2.75, 3.05) is 16.8 Å². The summed E-state index contributed by atoms with van der Waals surface area (Å²) in [5.74, 6) is 0.177. The number of aromatic nitrogens is 2. The zero-order valence-corrected chi connectivity index (χ0v) is 14.5. The van der Waals surface area contributed by atoms with Gasteiger partial charge in [0.1, 0.15) is 11.7 Å². The van der Waals surface area contributed by atoms with Gasteiger partial charge in [-0.2, -0.15) is 5.10 Å². The summed E-state index contributed by atoms with van der Waals surface area (Å²) in [6.07, 6.45) is 1.34. The predicted octanol–water partition coefficient (Wildman–Crippen LogP) is 2.42. The van der Waals surface area contributed by atoms with Gasteiger partial charge in [-0.1, -0.05) is 25.1 Å². The van der Waals surface area contributed by atoms with Crippen molar-refractivity contribution < 1.29 is 9.72 Å². The molecular formula is C17H21N5O3. The predicted molar refractivity (Wildman–Crippen MR) is 94.8 cm³/mol. The molecule has 0 radical (unpaired) electrons. The summed E-state index contributed by atoms with van der Waals surface area (Å²) in [6, 6.07) is 7.27. The number of hydrogen-bond acceptors (Lipinski definition) is 5. The van der Waals surface area contributed by atoms with Crippen LogP contribution >= 0.6 is 0 Å². The van der Waals surface area contributed by atoms with E-state index in [0.29, 0.717) is 18.7 Å². The quantitative estimate of drug-likeness (QED) is 0.665. The van der Waals surface area contributed by atoms with Gasteiger partial charge in [0.25, 0.3) is 0 Å². The molecule has 1 atom stereocenters. The second kappa shape index (κ2) is 6.54. The lowest BCUT2D eigenvalue weighted by Gasteiger charge is -2.24. The van der Waals surface area contributed by atoms with E-state index in [-0.39, 0.29) is 17.4 Å². The Balaban J connectivity index is 1.87. The minimum atomic E-state index is -0.556. The monoisotopic (exact) mass is 343 g/mol. The Labute approximate surface area is 145 Å². The highest BCUT2D eigenvalue weighted by molar-refractivity contribution is 6.00. The molecule has 8 nitrogen and oxygen atoms in total. The van der Waals surface area contributed by atoms with Crippen LogP contribution in [0.25, 0.3) is 0 Å². The number of nitrogens with one attached hydrogen (secondary N) is 1. The topological polar surface area (TPSA) is 93.3 Å². The van der Waals surface area contributed by atoms with Crippen molar-refractivity contribution in [3.05, 3.63) is 45.6 Å². The highest BCUT2D eigenvalue weighted by Gasteiger charge is 2.32. The molecule has 8 heteroatoms. The molecule has 1 amide bonds. The molecule has 0 spiro atoms. The highest BCUT2D eigenvalue weighted by atomic mass is 16.6. The molecule has 132 valence electrons. The highest BCUT2D eigenvalue weighted by Crippen LogP contribution is 2.31. The number of amides is 1. The molecule has 1 aliphatic rings. The van der Waals surface area contributed by atoms with E-state index >= 15 is 0 Å². The van der Waals surface area contributed by atoms with Crippen molar-refractivity contribution in [1.29, 1.82) is 0 Å². The zero-order chi connectivity index (χ0) is 18.1. The van der Waals surface area contributed by atoms with Gasteiger partial charge in [-0.25, -0.2) is 4.68 Å². The van der Waals surface area contributed by atoms with Gasteiger partial charge in [-0.05, 0) is 31.4 Å². The Kier molecular flexibility index (Phi) is 4.43. The molecule has 0 fully saturated rings. The first-order valence-electron chi connectivity index (χ1n) is 8.27. The van der Waals surface area contributed by atoms with Crippen LogP contribution < -0.4 is 10.2 Å². The minimum absolute atomic E-state index is 0.0828. The fourth-order valence-electron chi connectivity index (χ4n) is 3.29. The van der Waals surface area contributed by atoms with Gasteiger partial charge < -0.3 is 10.2 Å². The first kappa shape index (κ1) is 16.9. The van der Waals surface area contributed by atoms with Gasteiger partial charge in [0.15, 0.2) is 0 Å². The number of rotatable bonds is 5. The van der Waals surface area contributed by atoms with E-state index < -0.39 is 11.0 Å². The lowest BCUT2D eigenvalue weighted by molar-refractivity contribution is -0.384. The maximum Gasteiger partial charge on any atom is 0.333 e. The number of fused-ring (bicyclic) bond motifs is 1. The number of nitro groups is 1. The molecule has 2 heterocycles. The van der Waals surface area contributed by atoms with Gasteiger partial charge in [-0.3, -0.25) is 14.9 Å². The molecule has 1 N–H and O–H groups in total. The van der Waals surface area contributed by atoms with Crippen molar-refractivity contribution >= 4 is 23.1 Å². The van der Waals surface area contributed by atoms with Crippen LogP contribution in [0.15, 0.2) is 24.3 Å². The SMILES string of the molecule is CC[C@@H](Nc1c([N+](=O)[O-])c(C)nn1C)C(=O)N1CCc2ccccc21. The third-order valence-electron chi connectivity index (χ3n) is 4.54. The minimum Gasteiger partial charge on any atom is -0.353 e. The van der Waals surface area contributed by atoms with Crippen molar-refractivity contribution in [3.8, 4) is 0 Å². The van der Waals surface area contributed by atoms with Crippen LogP contribution in [0.2, 0.25) is 0 Å². The molecule has 0 bridgehead atoms. The van der Waals surface area contributed by atoms with Crippen LogP contribution in [-0.4, -0.2) is 33.2 Å². The summed E-state index contributed by atoms with van der Waals surface area (Å²) < 4.78 is 1.42. The van der Waals surface area contributed by atoms with Gasteiger partial charge in [0.2, 0.25) is 11.7 Å². The number of benzene rings is 1. The third-order valence-corrected chi connectivity index (χ3v) is 4.54. The number of hydrogen-bond donors (Lipinski definition) is 1. The summed E-state index contributed by atoms with van der Waals surface area (Å²) in [5.41, 5.74) is 2.30. The standard InChI is InChI=1S/C17H21N5O3/c1-4-13(18-16-15(22(24)25)11(2)19-20(16)3)17(23)21-10-9-12-7-5-6-8-14(12)21/h5-8,13,18H,4,9-10H2,1-3H3/t13-/m1/s1. The molecule has 1 aromatic heterocycles. The normalized spacial score (nSPS) is 14.3. The van der Waals surface area contributed by atoms with Crippen LogP contribution in [0, 0.1) is 17.0 Å². The van der Waals surface area contributed by atoms with Crippen molar-refractivity contribution in [1.82, 2.24) is 9.78 Å². The number of carbonyl (C=O) groups excluding carboxylic acids is 1. The molecular weight excluding hydrogens is 322 g/mol. The van der Waals surface area contributed by atoms with Crippen molar-refractivity contribution in [3.63, 3.8) is 0 Å². The van der Waals surface area contributed by atoms with Crippen LogP contribution in [0.4, 0.5) is 17.2 Å². The van der Waals surface area contributed by atoms with Crippen LogP contribution in [-0.2, 0) is 18.3 Å². The molecule has 0 unspecified atom stereocenters. The second-order valence-corrected chi connectivity index (χ2v) is 6.14. The summed E-state index contributed by atoms with van der Waals surface area (Å²) in [7, 11) is 1.63. The molecule has 3 rings (SSSR count). The van der Waals surface area contributed by atoms with E-state index in [0.717, 1.165) is 17.7 Å². The van der Waals surface area contributed by atoms with Crippen LogP contribution in [0.3, 0.4) is 0 Å². The average molecular weight is 343 g/mol. The van der Waals surface area contributed by atoms with Crippen LogP contribution in [0.1, 0.15) is 24.6 Å². The number of carbonyl (C=O) groups is 1. The Bertz CT molecular complexity index is 830. The lowest BCUT2D eigenvalue weighted by Crippen LogP contribution is -2.42. The number of nitrogens with zero attached hydrogens (tertiary/aromatic N) is 4. The Hall–Kier alpha value is -2.90. The zero-order valence-electron chi connectivity index (χ0n) is 14.5. The summed E-state index contributed by atoms with van der Waals surface area (Å²) in [6.45, 7) is 4.10. The van der Waals surface area contributed by atoms with E-state index in [9.17, 15) is 14.9 Å². The lowest BCUT2D eigenvalue weighted by atomic mass is 10.1. The fourth-order valence-corrected chi connectivity index (χ4v) is 3.29. The molecule has 1 aliphatic heterocycles. The molecule has 0 saturated heterocycles. The molecule has 1 aromatic carbocycles. The Morgan fingerprint density at radius 3 is 2.84 bits per heavy atom. The number of aryl methyl sites for hydroxylation is 2. The average Bonchev–Trinajstić information content (AvgIpc) is 3.12. The van der Waals surface area contributed by atoms with Gasteiger partial charge >= 0.3 is 5.69 Å². The molecule has 0 aliphatic carbocycles. The van der Waals surface area contributed by atoms with Crippen molar-refractivity contribution in [2.45, 2.75) is 32.7 Å². The number of anilines is 2. The van der Waals surface area contributed by atoms with Crippen molar-refractivity contribution in [2.24, 2.45) is 7.05 Å². The van der Waals surface area contributed by atoms with E-state index in [1.807, 2.05) is 31.2 Å². The Morgan fingerprint density at radius 2 is 2.16 bits per heavy atom. The van der Waals surface area contributed by atoms with Gasteiger partial charge in [0.05, 0.1) is 4.92 Å². The molecule has 0 saturated carbocycles. The van der Waals surface area contributed by atoms with E-state index in [1.54, 1.807) is 18.9 Å².